The minimum atomic E-state index is -2.97. The Kier molecular flexibility index (Phi) is 9.22. The molecule has 0 radical (unpaired) electrons. The van der Waals surface area contributed by atoms with Crippen LogP contribution in [0.2, 0.25) is 0 Å². The van der Waals surface area contributed by atoms with Gasteiger partial charge in [0.25, 0.3) is 0 Å². The van der Waals surface area contributed by atoms with E-state index in [0.29, 0.717) is 28.0 Å². The Morgan fingerprint density at radius 1 is 0.694 bits per heavy atom. The van der Waals surface area contributed by atoms with Gasteiger partial charge in [0.1, 0.15) is 11.6 Å². The predicted molar refractivity (Wildman–Crippen MR) is 257 cm³/mol. The zero-order valence-electron chi connectivity index (χ0n) is 46.9. The minimum absolute atomic E-state index is 0. The Bertz CT molecular complexity index is 3390. The fourth-order valence-electron chi connectivity index (χ4n) is 7.83. The third-order valence-corrected chi connectivity index (χ3v) is 11.3. The van der Waals surface area contributed by atoms with E-state index in [1.54, 1.807) is 6.07 Å². The van der Waals surface area contributed by atoms with Crippen LogP contribution in [0.4, 0.5) is 0 Å². The quantitative estimate of drug-likeness (QED) is 0.154. The number of phenols is 1. The molecule has 0 spiro atoms. The van der Waals surface area contributed by atoms with Crippen LogP contribution in [0.1, 0.15) is 123 Å². The van der Waals surface area contributed by atoms with Gasteiger partial charge in [-0.3, -0.25) is 9.55 Å². The van der Waals surface area contributed by atoms with E-state index in [9.17, 15) is 6.48 Å². The van der Waals surface area contributed by atoms with Gasteiger partial charge in [-0.05, 0) is 98.8 Å². The molecule has 0 unspecified atom stereocenters. The zero-order valence-corrected chi connectivity index (χ0v) is 39.2. The molecule has 8 rings (SSSR count). The fraction of sp³-hybridized carbons (Fsp3) is 0.263. The summed E-state index contributed by atoms with van der Waals surface area (Å²) in [5, 5.41) is 12.3. The van der Waals surface area contributed by atoms with Crippen molar-refractivity contribution in [1.29, 1.82) is 0 Å². The Morgan fingerprint density at radius 2 is 1.42 bits per heavy atom. The smallest absolute Gasteiger partial charge is 0.148 e. The van der Waals surface area contributed by atoms with Crippen molar-refractivity contribution >= 4 is 11.0 Å². The molecule has 0 atom stereocenters. The number of pyridine rings is 1. The molecule has 318 valence electrons. The largest absolute Gasteiger partial charge is 0.507 e. The number of phenolic OH excluding ortho intramolecular Hbond substituents is 1. The van der Waals surface area contributed by atoms with Crippen molar-refractivity contribution in [3.8, 4) is 67.5 Å². The molecule has 5 heteroatoms. The van der Waals surface area contributed by atoms with Gasteiger partial charge < -0.3 is 5.11 Å². The molecule has 62 heavy (non-hydrogen) atoms. The summed E-state index contributed by atoms with van der Waals surface area (Å²) >= 11 is 0. The monoisotopic (exact) mass is 1010 g/mol. The number of aromatic hydroxyl groups is 1. The van der Waals surface area contributed by atoms with E-state index in [1.807, 2.05) is 69.3 Å². The van der Waals surface area contributed by atoms with E-state index in [2.05, 4.69) is 100 Å². The molecule has 0 bridgehead atoms. The van der Waals surface area contributed by atoms with E-state index in [1.165, 1.54) is 0 Å². The van der Waals surface area contributed by atoms with Crippen molar-refractivity contribution in [3.63, 3.8) is 0 Å². The molecule has 2 aromatic heterocycles. The van der Waals surface area contributed by atoms with Gasteiger partial charge in [-0.15, -0.1) is 29.3 Å². The first-order chi connectivity index (χ1) is 33.1. The van der Waals surface area contributed by atoms with Crippen LogP contribution in [0.3, 0.4) is 0 Å². The Morgan fingerprint density at radius 3 is 2.08 bits per heavy atom. The number of imidazole rings is 1. The summed E-state index contributed by atoms with van der Waals surface area (Å²) in [6.45, 7) is 18.1. The van der Waals surface area contributed by atoms with Crippen molar-refractivity contribution in [3.05, 3.63) is 167 Å². The molecule has 0 amide bonds. The van der Waals surface area contributed by atoms with E-state index < -0.39 is 65.8 Å². The van der Waals surface area contributed by atoms with Gasteiger partial charge in [-0.2, -0.15) is 0 Å². The molecule has 8 aromatic rings. The molecule has 6 aromatic carbocycles. The van der Waals surface area contributed by atoms with Crippen LogP contribution in [-0.4, -0.2) is 19.6 Å². The number of hydrogen-bond acceptors (Lipinski definition) is 3. The van der Waals surface area contributed by atoms with Gasteiger partial charge >= 0.3 is 0 Å². The topological polar surface area (TPSA) is 50.9 Å². The van der Waals surface area contributed by atoms with Crippen molar-refractivity contribution in [2.24, 2.45) is 0 Å². The Labute approximate surface area is 397 Å². The first-order valence-electron chi connectivity index (χ1n) is 25.9. The van der Waals surface area contributed by atoms with Crippen LogP contribution in [0.15, 0.2) is 133 Å². The second-order valence-electron chi connectivity index (χ2n) is 18.5. The zero-order chi connectivity index (χ0) is 52.0. The standard InChI is InChI=1S/C57H58N3O.Pt/c1-35(2)41-31-48(36(3)4)54(61)49(32-41)55-59-53-47(18-15-19-52(53)60(55)45-24-25-46(39-16-13-12-14-17-39)50(34-45)57(9,10)11)42-28-43(30-44(29-42)56(6,7)8)51-33-40(26-27-58-51)38-22-20-37(5)21-23-38;/h12-27,29-36,61H,1-11H3;/q-1;/i5D3,20D,21D,22D,23D,26D,27D,33D;. The van der Waals surface area contributed by atoms with Gasteiger partial charge in [0, 0.05) is 42.7 Å². The summed E-state index contributed by atoms with van der Waals surface area (Å²) in [6, 6.07) is 29.9. The molecular formula is C57H58N3OPt-. The van der Waals surface area contributed by atoms with Crippen LogP contribution in [0.25, 0.3) is 72.7 Å². The molecule has 0 fully saturated rings. The number of rotatable bonds is 8. The molecule has 0 saturated heterocycles. The first-order valence-corrected chi connectivity index (χ1v) is 20.9. The van der Waals surface area contributed by atoms with Gasteiger partial charge in [-0.25, -0.2) is 4.98 Å². The van der Waals surface area contributed by atoms with Crippen LogP contribution < -0.4 is 0 Å². The van der Waals surface area contributed by atoms with E-state index in [-0.39, 0.29) is 60.9 Å². The second-order valence-corrected chi connectivity index (χ2v) is 18.5. The van der Waals surface area contributed by atoms with Crippen LogP contribution >= 0.6 is 0 Å². The summed E-state index contributed by atoms with van der Waals surface area (Å²) in [4.78, 5) is 9.91. The number of benzene rings is 6. The van der Waals surface area contributed by atoms with Gasteiger partial charge in [0.2, 0.25) is 0 Å². The summed E-state index contributed by atoms with van der Waals surface area (Å²) in [5.41, 5.74) is 7.80. The van der Waals surface area contributed by atoms with Crippen molar-refractivity contribution in [2.75, 3.05) is 0 Å². The number of nitrogens with zero attached hydrogens (tertiary/aromatic N) is 3. The molecule has 2 heterocycles. The van der Waals surface area contributed by atoms with Crippen LogP contribution in [0, 0.1) is 12.9 Å². The third-order valence-electron chi connectivity index (χ3n) is 11.3. The van der Waals surface area contributed by atoms with Crippen molar-refractivity contribution in [1.82, 2.24) is 14.5 Å². The van der Waals surface area contributed by atoms with Crippen molar-refractivity contribution < 1.29 is 39.9 Å². The number of aromatic nitrogens is 3. The van der Waals surface area contributed by atoms with Gasteiger partial charge in [-0.1, -0.05) is 171 Å². The Balaban J connectivity index is 0.00000760. The molecule has 1 N–H and O–H groups in total. The van der Waals surface area contributed by atoms with Gasteiger partial charge in [0.05, 0.1) is 26.2 Å². The first kappa shape index (κ1) is 33.0. The van der Waals surface area contributed by atoms with E-state index >= 15 is 0 Å². The average molecular weight is 1010 g/mol. The van der Waals surface area contributed by atoms with E-state index in [4.69, 9.17) is 17.3 Å². The third kappa shape index (κ3) is 8.73. The SMILES string of the molecule is [2H]c1nc(-c2[c-]c(-c3cccc4c3nc(-c3cc(C(C)C)cc(C(C)C)c3O)n4-c3ccc(-c4ccccc4)c(C(C)(C)C)c3)cc(C(C)(C)C)c2)c([2H])c(-c2c([2H])c([2H])c(C([2H])([2H])[2H])c([2H])c2[2H])c1[2H].[Pt]. The van der Waals surface area contributed by atoms with Crippen molar-refractivity contribution in [2.45, 2.75) is 98.8 Å². The summed E-state index contributed by atoms with van der Waals surface area (Å²) in [5.74, 6) is 0.829. The van der Waals surface area contributed by atoms with Gasteiger partial charge in [0.15, 0.2) is 0 Å². The Hall–Kier alpha value is -5.57. The molecule has 0 aliphatic carbocycles. The normalized spacial score (nSPS) is 14.5. The molecule has 0 saturated carbocycles. The number of hydrogen-bond donors (Lipinski definition) is 1. The number of fused-ring (bicyclic) bond motifs is 1. The molecule has 0 aliphatic heterocycles. The molecule has 4 nitrogen and oxygen atoms in total. The minimum Gasteiger partial charge on any atom is -0.507 e. The maximum atomic E-state index is 12.3. The predicted octanol–water partition coefficient (Wildman–Crippen LogP) is 15.4. The second kappa shape index (κ2) is 17.3. The van der Waals surface area contributed by atoms with Crippen LogP contribution in [0.5, 0.6) is 5.75 Å². The maximum absolute atomic E-state index is 12.3. The average Bonchev–Trinajstić information content (AvgIpc) is 3.69. The molecular weight excluding hydrogens is 938 g/mol. The molecule has 0 aliphatic rings. The van der Waals surface area contributed by atoms with E-state index in [0.717, 1.165) is 44.6 Å². The van der Waals surface area contributed by atoms with Crippen LogP contribution in [-0.2, 0) is 31.9 Å². The number of para-hydroxylation sites is 1. The maximum Gasteiger partial charge on any atom is 0.148 e. The fourth-order valence-corrected chi connectivity index (χ4v) is 7.83. The summed E-state index contributed by atoms with van der Waals surface area (Å²) < 4.78 is 88.1. The summed E-state index contributed by atoms with van der Waals surface area (Å²) in [6.07, 6.45) is -0.582. The summed E-state index contributed by atoms with van der Waals surface area (Å²) in [7, 11) is 0.